The standard InChI is InChI=1S/C13H19F3N2O3/c14-13(15,16)7-18-6-8(5-11(18)20)12(21)17-9-3-1-2-4-10(9)19/h8-10,19H,1-7H2,(H,17,21)/t8?,9-,10-/m0/s1. The van der Waals surface area contributed by atoms with E-state index in [1.807, 2.05) is 0 Å². The molecule has 3 atom stereocenters. The van der Waals surface area contributed by atoms with Crippen LogP contribution in [-0.2, 0) is 9.59 Å². The molecule has 1 unspecified atom stereocenters. The second-order valence-electron chi connectivity index (χ2n) is 5.76. The van der Waals surface area contributed by atoms with Crippen molar-refractivity contribution >= 4 is 11.8 Å². The van der Waals surface area contributed by atoms with E-state index in [4.69, 9.17) is 0 Å². The van der Waals surface area contributed by atoms with E-state index in [9.17, 15) is 27.9 Å². The highest BCUT2D eigenvalue weighted by Crippen LogP contribution is 2.25. The zero-order valence-electron chi connectivity index (χ0n) is 11.5. The van der Waals surface area contributed by atoms with Crippen molar-refractivity contribution in [2.45, 2.75) is 50.4 Å². The van der Waals surface area contributed by atoms with Crippen molar-refractivity contribution in [3.05, 3.63) is 0 Å². The molecule has 2 aliphatic rings. The van der Waals surface area contributed by atoms with Gasteiger partial charge in [0.2, 0.25) is 11.8 Å². The van der Waals surface area contributed by atoms with Gasteiger partial charge in [-0.15, -0.1) is 0 Å². The summed E-state index contributed by atoms with van der Waals surface area (Å²) < 4.78 is 36.9. The summed E-state index contributed by atoms with van der Waals surface area (Å²) in [5.74, 6) is -1.87. The molecule has 2 rings (SSSR count). The van der Waals surface area contributed by atoms with Gasteiger partial charge < -0.3 is 15.3 Å². The number of hydrogen-bond acceptors (Lipinski definition) is 3. The minimum Gasteiger partial charge on any atom is -0.391 e. The van der Waals surface area contributed by atoms with Crippen LogP contribution in [0.25, 0.3) is 0 Å². The molecule has 0 bridgehead atoms. The van der Waals surface area contributed by atoms with Gasteiger partial charge in [-0.3, -0.25) is 9.59 Å². The van der Waals surface area contributed by atoms with Crippen molar-refractivity contribution in [3.8, 4) is 0 Å². The SMILES string of the molecule is O=C(N[C@H]1CCCC[C@@H]1O)C1CC(=O)N(CC(F)(F)F)C1. The minimum atomic E-state index is -4.46. The molecule has 120 valence electrons. The summed E-state index contributed by atoms with van der Waals surface area (Å²) >= 11 is 0. The Hall–Kier alpha value is -1.31. The summed E-state index contributed by atoms with van der Waals surface area (Å²) in [7, 11) is 0. The van der Waals surface area contributed by atoms with Crippen LogP contribution in [0.5, 0.6) is 0 Å². The van der Waals surface area contributed by atoms with Gasteiger partial charge >= 0.3 is 6.18 Å². The van der Waals surface area contributed by atoms with Crippen molar-refractivity contribution < 1.29 is 27.9 Å². The van der Waals surface area contributed by atoms with Gasteiger partial charge in [0, 0.05) is 13.0 Å². The third kappa shape index (κ3) is 4.33. The molecule has 0 aromatic rings. The van der Waals surface area contributed by atoms with Crippen LogP contribution in [0.4, 0.5) is 13.2 Å². The van der Waals surface area contributed by atoms with Crippen LogP contribution >= 0.6 is 0 Å². The second kappa shape index (κ2) is 6.21. The first-order chi connectivity index (χ1) is 9.76. The molecule has 0 spiro atoms. The molecule has 0 radical (unpaired) electrons. The lowest BCUT2D eigenvalue weighted by atomic mass is 9.92. The number of carbonyl (C=O) groups is 2. The zero-order chi connectivity index (χ0) is 15.6. The number of carbonyl (C=O) groups excluding carboxylic acids is 2. The van der Waals surface area contributed by atoms with Gasteiger partial charge in [-0.2, -0.15) is 13.2 Å². The van der Waals surface area contributed by atoms with Crippen LogP contribution in [-0.4, -0.2) is 53.2 Å². The third-order valence-corrected chi connectivity index (χ3v) is 4.01. The van der Waals surface area contributed by atoms with Crippen molar-refractivity contribution in [3.63, 3.8) is 0 Å². The van der Waals surface area contributed by atoms with Crippen molar-refractivity contribution in [2.24, 2.45) is 5.92 Å². The predicted octanol–water partition coefficient (Wildman–Crippen LogP) is 0.817. The van der Waals surface area contributed by atoms with E-state index in [1.54, 1.807) is 0 Å². The Morgan fingerprint density at radius 3 is 2.62 bits per heavy atom. The average Bonchev–Trinajstić information content (AvgIpc) is 2.72. The molecule has 1 heterocycles. The number of halogens is 3. The Morgan fingerprint density at radius 1 is 1.33 bits per heavy atom. The number of amides is 2. The number of alkyl halides is 3. The Morgan fingerprint density at radius 2 is 2.00 bits per heavy atom. The van der Waals surface area contributed by atoms with Gasteiger partial charge in [-0.1, -0.05) is 12.8 Å². The van der Waals surface area contributed by atoms with Gasteiger partial charge in [-0.05, 0) is 12.8 Å². The molecule has 0 aromatic heterocycles. The lowest BCUT2D eigenvalue weighted by Crippen LogP contribution is -2.47. The van der Waals surface area contributed by atoms with E-state index < -0.39 is 36.6 Å². The quantitative estimate of drug-likeness (QED) is 0.811. The monoisotopic (exact) mass is 308 g/mol. The van der Waals surface area contributed by atoms with Crippen LogP contribution in [0.3, 0.4) is 0 Å². The van der Waals surface area contributed by atoms with Crippen LogP contribution in [0.2, 0.25) is 0 Å². The van der Waals surface area contributed by atoms with Crippen LogP contribution in [0.1, 0.15) is 32.1 Å². The van der Waals surface area contributed by atoms with Gasteiger partial charge in [0.15, 0.2) is 0 Å². The van der Waals surface area contributed by atoms with Gasteiger partial charge in [-0.25, -0.2) is 0 Å². The molecule has 2 N–H and O–H groups in total. The number of aliphatic hydroxyl groups excluding tert-OH is 1. The van der Waals surface area contributed by atoms with Crippen LogP contribution in [0, 0.1) is 5.92 Å². The summed E-state index contributed by atoms with van der Waals surface area (Å²) in [5.41, 5.74) is 0. The Balaban J connectivity index is 1.88. The maximum atomic E-state index is 12.3. The highest BCUT2D eigenvalue weighted by Gasteiger charge is 2.41. The maximum Gasteiger partial charge on any atom is 0.406 e. The first-order valence-corrected chi connectivity index (χ1v) is 7.09. The highest BCUT2D eigenvalue weighted by atomic mass is 19.4. The number of aliphatic hydroxyl groups is 1. The summed E-state index contributed by atoms with van der Waals surface area (Å²) in [6, 6.07) is -0.363. The Bertz CT molecular complexity index is 414. The predicted molar refractivity (Wildman–Crippen MR) is 67.1 cm³/mol. The first kappa shape index (κ1) is 16.1. The van der Waals surface area contributed by atoms with E-state index in [0.29, 0.717) is 17.7 Å². The Kier molecular flexibility index (Phi) is 4.75. The molecule has 2 fully saturated rings. The molecule has 2 amide bonds. The molecule has 1 saturated heterocycles. The molecule has 0 aromatic carbocycles. The summed E-state index contributed by atoms with van der Waals surface area (Å²) in [5, 5.41) is 12.4. The van der Waals surface area contributed by atoms with Crippen molar-refractivity contribution in [1.29, 1.82) is 0 Å². The molecule has 1 aliphatic carbocycles. The third-order valence-electron chi connectivity index (χ3n) is 4.01. The van der Waals surface area contributed by atoms with Gasteiger partial charge in [0.25, 0.3) is 0 Å². The van der Waals surface area contributed by atoms with E-state index >= 15 is 0 Å². The van der Waals surface area contributed by atoms with E-state index in [0.717, 1.165) is 12.8 Å². The molecule has 21 heavy (non-hydrogen) atoms. The molecule has 8 heteroatoms. The number of nitrogens with zero attached hydrogens (tertiary/aromatic N) is 1. The zero-order valence-corrected chi connectivity index (χ0v) is 11.5. The van der Waals surface area contributed by atoms with Crippen molar-refractivity contribution in [1.82, 2.24) is 10.2 Å². The molecule has 1 aliphatic heterocycles. The normalized spacial score (nSPS) is 30.6. The molecular weight excluding hydrogens is 289 g/mol. The number of rotatable bonds is 3. The van der Waals surface area contributed by atoms with Crippen LogP contribution < -0.4 is 5.32 Å². The largest absolute Gasteiger partial charge is 0.406 e. The van der Waals surface area contributed by atoms with Crippen LogP contribution in [0.15, 0.2) is 0 Å². The molecule has 5 nitrogen and oxygen atoms in total. The molecular formula is C13H19F3N2O3. The lowest BCUT2D eigenvalue weighted by Gasteiger charge is -2.29. The number of likely N-dealkylation sites (tertiary alicyclic amines) is 1. The highest BCUT2D eigenvalue weighted by molar-refractivity contribution is 5.89. The van der Waals surface area contributed by atoms with Gasteiger partial charge in [0.05, 0.1) is 18.1 Å². The fourth-order valence-electron chi connectivity index (χ4n) is 2.90. The van der Waals surface area contributed by atoms with E-state index in [-0.39, 0.29) is 19.0 Å². The van der Waals surface area contributed by atoms with E-state index in [2.05, 4.69) is 5.32 Å². The fourth-order valence-corrected chi connectivity index (χ4v) is 2.90. The van der Waals surface area contributed by atoms with E-state index in [1.165, 1.54) is 0 Å². The summed E-state index contributed by atoms with van der Waals surface area (Å²) in [6.45, 7) is -1.53. The maximum absolute atomic E-state index is 12.3. The minimum absolute atomic E-state index is 0.204. The molecule has 1 saturated carbocycles. The smallest absolute Gasteiger partial charge is 0.391 e. The number of hydrogen-bond donors (Lipinski definition) is 2. The topological polar surface area (TPSA) is 69.6 Å². The summed E-state index contributed by atoms with van der Waals surface area (Å²) in [6.07, 6.45) is -2.23. The fraction of sp³-hybridized carbons (Fsp3) is 0.846. The van der Waals surface area contributed by atoms with Crippen molar-refractivity contribution in [2.75, 3.05) is 13.1 Å². The first-order valence-electron chi connectivity index (χ1n) is 7.09. The lowest BCUT2D eigenvalue weighted by molar-refractivity contribution is -0.157. The average molecular weight is 308 g/mol. The Labute approximate surface area is 120 Å². The number of nitrogens with one attached hydrogen (secondary N) is 1. The summed E-state index contributed by atoms with van der Waals surface area (Å²) in [4.78, 5) is 24.2. The van der Waals surface area contributed by atoms with Gasteiger partial charge in [0.1, 0.15) is 6.54 Å². The second-order valence-corrected chi connectivity index (χ2v) is 5.76.